The van der Waals surface area contributed by atoms with Crippen LogP contribution in [-0.2, 0) is 14.4 Å². The molecule has 1 heterocycles. The van der Waals surface area contributed by atoms with Gasteiger partial charge in [0.2, 0.25) is 0 Å². The zero-order chi connectivity index (χ0) is 10.9. The van der Waals surface area contributed by atoms with E-state index in [4.69, 9.17) is 20.8 Å². The van der Waals surface area contributed by atoms with Crippen LogP contribution in [0.2, 0.25) is 0 Å². The number of carboxylic acid groups (broad SMARTS) is 1. The molecule has 1 saturated heterocycles. The lowest BCUT2D eigenvalue weighted by atomic mass is 10.1. The van der Waals surface area contributed by atoms with Gasteiger partial charge in [-0.15, -0.1) is 0 Å². The molecule has 3 unspecified atom stereocenters. The predicted molar refractivity (Wildman–Crippen MR) is 43.9 cm³/mol. The van der Waals surface area contributed by atoms with Gasteiger partial charge in [-0.05, 0) is 6.92 Å². The normalized spacial score (nSPS) is 30.2. The fourth-order valence-corrected chi connectivity index (χ4v) is 1.04. The van der Waals surface area contributed by atoms with Crippen molar-refractivity contribution in [3.63, 3.8) is 0 Å². The average Bonchev–Trinajstić information content (AvgIpc) is 2.13. The highest BCUT2D eigenvalue weighted by Crippen LogP contribution is 2.11. The Kier molecular flexibility index (Phi) is 3.04. The van der Waals surface area contributed by atoms with Crippen LogP contribution in [0.1, 0.15) is 6.92 Å². The summed E-state index contributed by atoms with van der Waals surface area (Å²) < 4.78 is 0. The van der Waals surface area contributed by atoms with Gasteiger partial charge in [0.15, 0.2) is 6.04 Å². The molecule has 1 rings (SSSR count). The van der Waals surface area contributed by atoms with Crippen molar-refractivity contribution in [2.75, 3.05) is 6.61 Å². The zero-order valence-corrected chi connectivity index (χ0v) is 7.58. The van der Waals surface area contributed by atoms with E-state index in [0.29, 0.717) is 5.06 Å². The van der Waals surface area contributed by atoms with E-state index in [0.717, 1.165) is 0 Å². The molecular weight excluding hydrogens is 192 g/mol. The molecule has 7 heteroatoms. The number of carbonyl (C=O) groups excluding carboxylic acids is 1. The third-order valence-electron chi connectivity index (χ3n) is 2.01. The van der Waals surface area contributed by atoms with Crippen LogP contribution in [0.25, 0.3) is 0 Å². The Hall–Kier alpha value is -1.18. The van der Waals surface area contributed by atoms with Crippen LogP contribution >= 0.6 is 0 Å². The lowest BCUT2D eigenvalue weighted by Crippen LogP contribution is -2.60. The molecule has 0 aromatic rings. The maximum absolute atomic E-state index is 11.3. The van der Waals surface area contributed by atoms with E-state index in [9.17, 15) is 9.59 Å². The first-order valence-corrected chi connectivity index (χ1v) is 4.07. The van der Waals surface area contributed by atoms with Gasteiger partial charge in [-0.1, -0.05) is 0 Å². The van der Waals surface area contributed by atoms with Crippen molar-refractivity contribution in [2.24, 2.45) is 5.73 Å². The van der Waals surface area contributed by atoms with Gasteiger partial charge in [-0.2, -0.15) is 0 Å². The molecule has 4 N–H and O–H groups in total. The minimum absolute atomic E-state index is 0.176. The van der Waals surface area contributed by atoms with E-state index >= 15 is 0 Å². The van der Waals surface area contributed by atoms with Crippen molar-refractivity contribution in [1.82, 2.24) is 5.06 Å². The summed E-state index contributed by atoms with van der Waals surface area (Å²) in [5, 5.41) is 18.4. The first-order chi connectivity index (χ1) is 6.45. The van der Waals surface area contributed by atoms with Crippen molar-refractivity contribution in [3.8, 4) is 0 Å². The summed E-state index contributed by atoms with van der Waals surface area (Å²) >= 11 is 0. The van der Waals surface area contributed by atoms with Gasteiger partial charge in [0.05, 0.1) is 0 Å². The second-order valence-electron chi connectivity index (χ2n) is 3.07. The number of aliphatic carboxylic acids is 1. The van der Waals surface area contributed by atoms with Crippen LogP contribution in [0.3, 0.4) is 0 Å². The van der Waals surface area contributed by atoms with Crippen molar-refractivity contribution < 1.29 is 24.6 Å². The number of aliphatic hydroxyl groups is 1. The fraction of sp³-hybridized carbons (Fsp3) is 0.714. The average molecular weight is 204 g/mol. The molecule has 80 valence electrons. The first kappa shape index (κ1) is 10.9. The Morgan fingerprint density at radius 3 is 2.86 bits per heavy atom. The maximum atomic E-state index is 11.3. The maximum Gasteiger partial charge on any atom is 0.328 e. The van der Waals surface area contributed by atoms with E-state index in [1.165, 1.54) is 6.92 Å². The Balaban J connectivity index is 2.73. The molecule has 1 amide bonds. The number of aliphatic hydroxyl groups excluding tert-OH is 1. The standard InChI is InChI=1S/C7H12N2O5/c1-3(7(12)13)9-6(11)5(8)4(10)2-14-9/h3-5,10H,2,8H2,1H3,(H,12,13). The highest BCUT2D eigenvalue weighted by atomic mass is 16.7. The molecule has 0 radical (unpaired) electrons. The molecule has 14 heavy (non-hydrogen) atoms. The van der Waals surface area contributed by atoms with Crippen molar-refractivity contribution in [1.29, 1.82) is 0 Å². The molecule has 0 aliphatic carbocycles. The van der Waals surface area contributed by atoms with Crippen LogP contribution in [0.15, 0.2) is 0 Å². The molecule has 0 saturated carbocycles. The summed E-state index contributed by atoms with van der Waals surface area (Å²) in [7, 11) is 0. The highest BCUT2D eigenvalue weighted by molar-refractivity contribution is 5.86. The molecule has 1 aliphatic rings. The number of nitrogens with zero attached hydrogens (tertiary/aromatic N) is 1. The van der Waals surface area contributed by atoms with Gasteiger partial charge >= 0.3 is 5.97 Å². The third-order valence-corrected chi connectivity index (χ3v) is 2.01. The van der Waals surface area contributed by atoms with Crippen LogP contribution < -0.4 is 5.73 Å². The zero-order valence-electron chi connectivity index (χ0n) is 7.58. The minimum Gasteiger partial charge on any atom is -0.480 e. The van der Waals surface area contributed by atoms with E-state index in [1.807, 2.05) is 0 Å². The Bertz CT molecular complexity index is 256. The number of rotatable bonds is 2. The number of carbonyl (C=O) groups is 2. The van der Waals surface area contributed by atoms with E-state index in [1.54, 1.807) is 0 Å². The minimum atomic E-state index is -1.19. The summed E-state index contributed by atoms with van der Waals surface area (Å²) in [6, 6.07) is -2.23. The first-order valence-electron chi connectivity index (χ1n) is 4.07. The second-order valence-corrected chi connectivity index (χ2v) is 3.07. The van der Waals surface area contributed by atoms with Crippen LogP contribution in [0, 0.1) is 0 Å². The van der Waals surface area contributed by atoms with Crippen molar-refractivity contribution in [3.05, 3.63) is 0 Å². The molecule has 0 aromatic heterocycles. The summed E-state index contributed by atoms with van der Waals surface area (Å²) in [5.41, 5.74) is 5.34. The fourth-order valence-electron chi connectivity index (χ4n) is 1.04. The van der Waals surface area contributed by atoms with Crippen LogP contribution in [0.4, 0.5) is 0 Å². The lowest BCUT2D eigenvalue weighted by molar-refractivity contribution is -0.231. The topological polar surface area (TPSA) is 113 Å². The molecule has 7 nitrogen and oxygen atoms in total. The number of amides is 1. The quantitative estimate of drug-likeness (QED) is 0.476. The van der Waals surface area contributed by atoms with Gasteiger partial charge in [0.1, 0.15) is 18.8 Å². The van der Waals surface area contributed by atoms with Gasteiger partial charge in [0, 0.05) is 0 Å². The summed E-state index contributed by atoms with van der Waals surface area (Å²) in [4.78, 5) is 26.7. The summed E-state index contributed by atoms with van der Waals surface area (Å²) in [5.74, 6) is -1.92. The van der Waals surface area contributed by atoms with E-state index in [-0.39, 0.29) is 6.61 Å². The van der Waals surface area contributed by atoms with Crippen molar-refractivity contribution in [2.45, 2.75) is 25.1 Å². The summed E-state index contributed by atoms with van der Waals surface area (Å²) in [6.45, 7) is 1.12. The lowest BCUT2D eigenvalue weighted by Gasteiger charge is -2.34. The molecule has 1 aliphatic heterocycles. The number of carboxylic acids is 1. The summed E-state index contributed by atoms with van der Waals surface area (Å²) in [6.07, 6.45) is -1.08. The molecule has 0 spiro atoms. The number of nitrogens with two attached hydrogens (primary N) is 1. The number of hydrogen-bond donors (Lipinski definition) is 3. The Morgan fingerprint density at radius 1 is 1.79 bits per heavy atom. The third kappa shape index (κ3) is 1.84. The highest BCUT2D eigenvalue weighted by Gasteiger charge is 2.38. The Labute approximate surface area is 80.0 Å². The predicted octanol–water partition coefficient (Wildman–Crippen LogP) is -2.08. The number of hydroxylamine groups is 2. The largest absolute Gasteiger partial charge is 0.480 e. The SMILES string of the molecule is CC(C(=O)O)N1OCC(O)C(N)C1=O. The second kappa shape index (κ2) is 3.91. The van der Waals surface area contributed by atoms with Crippen LogP contribution in [0.5, 0.6) is 0 Å². The number of hydrogen-bond acceptors (Lipinski definition) is 5. The van der Waals surface area contributed by atoms with Crippen molar-refractivity contribution >= 4 is 11.9 Å². The molecule has 3 atom stereocenters. The van der Waals surface area contributed by atoms with E-state index in [2.05, 4.69) is 0 Å². The van der Waals surface area contributed by atoms with Gasteiger partial charge in [-0.25, -0.2) is 9.86 Å². The van der Waals surface area contributed by atoms with Crippen LogP contribution in [-0.4, -0.2) is 51.9 Å². The molecular formula is C7H12N2O5. The smallest absolute Gasteiger partial charge is 0.328 e. The molecule has 1 fully saturated rings. The Morgan fingerprint density at radius 2 is 2.36 bits per heavy atom. The van der Waals surface area contributed by atoms with Gasteiger partial charge < -0.3 is 15.9 Å². The monoisotopic (exact) mass is 204 g/mol. The van der Waals surface area contributed by atoms with Gasteiger partial charge in [-0.3, -0.25) is 9.63 Å². The molecule has 0 aromatic carbocycles. The molecule has 0 bridgehead atoms. The van der Waals surface area contributed by atoms with E-state index < -0.39 is 30.1 Å². The van der Waals surface area contributed by atoms with Gasteiger partial charge in [0.25, 0.3) is 5.91 Å².